The molecule has 0 aromatic rings. The molecule has 6 nitrogen and oxygen atoms in total. The summed E-state index contributed by atoms with van der Waals surface area (Å²) in [5.41, 5.74) is 2.18. The van der Waals surface area contributed by atoms with Crippen LogP contribution in [0.5, 0.6) is 0 Å². The summed E-state index contributed by atoms with van der Waals surface area (Å²) in [6, 6.07) is 2.94. The number of rotatable bonds is 8. The zero-order valence-corrected chi connectivity index (χ0v) is 23.5. The summed E-state index contributed by atoms with van der Waals surface area (Å²) in [5, 5.41) is 20.9. The molecule has 4 unspecified atom stereocenters. The van der Waals surface area contributed by atoms with Crippen LogP contribution in [0.1, 0.15) is 84.5 Å². The van der Waals surface area contributed by atoms with Crippen LogP contribution in [0, 0.1) is 29.1 Å². The first-order chi connectivity index (χ1) is 17.5. The summed E-state index contributed by atoms with van der Waals surface area (Å²) in [5.74, 6) is 3.09. The molecule has 2 amide bonds. The molecule has 1 saturated heterocycles. The van der Waals surface area contributed by atoms with Crippen LogP contribution in [0.4, 0.5) is 0 Å². The van der Waals surface area contributed by atoms with Gasteiger partial charge in [-0.25, -0.2) is 0 Å². The fraction of sp³-hybridized carbons (Fsp3) is 0.750. The van der Waals surface area contributed by atoms with E-state index in [4.69, 9.17) is 0 Å². The Balaban J connectivity index is 1.46. The van der Waals surface area contributed by atoms with Gasteiger partial charge in [0.25, 0.3) is 0 Å². The first-order valence-corrected chi connectivity index (χ1v) is 16.1. The van der Waals surface area contributed by atoms with E-state index in [1.165, 1.54) is 37.4 Å². The fourth-order valence-corrected chi connectivity index (χ4v) is 8.58. The van der Waals surface area contributed by atoms with Gasteiger partial charge < -0.3 is 16.0 Å². The Bertz CT molecular complexity index is 913. The third kappa shape index (κ3) is 6.83. The predicted octanol–water partition coefficient (Wildman–Crippen LogP) is 5.24. The minimum atomic E-state index is -0.205. The Morgan fingerprint density at radius 3 is 2.56 bits per heavy atom. The van der Waals surface area contributed by atoms with Crippen molar-refractivity contribution >= 4 is 35.3 Å². The lowest BCUT2D eigenvalue weighted by molar-refractivity contribution is -0.120. The zero-order chi connectivity index (χ0) is 25.5. The third-order valence-electron chi connectivity index (χ3n) is 8.39. The van der Waals surface area contributed by atoms with Gasteiger partial charge in [-0.2, -0.15) is 17.0 Å². The molecule has 2 aliphatic heterocycles. The summed E-state index contributed by atoms with van der Waals surface area (Å²) >= 11 is 3.31. The molecule has 8 heteroatoms. The number of nitrogens with zero attached hydrogens (tertiary/aromatic N) is 1. The van der Waals surface area contributed by atoms with E-state index in [0.29, 0.717) is 11.5 Å². The quantitative estimate of drug-likeness (QED) is 0.398. The Hall–Kier alpha value is -1.59. The summed E-state index contributed by atoms with van der Waals surface area (Å²) in [6.07, 6.45) is 12.4. The number of thioether (sulfide) groups is 2. The van der Waals surface area contributed by atoms with Crippen LogP contribution in [0.15, 0.2) is 21.9 Å². The molecule has 2 aliphatic carbocycles. The molecule has 4 aliphatic rings. The van der Waals surface area contributed by atoms with E-state index in [-0.39, 0.29) is 41.5 Å². The van der Waals surface area contributed by atoms with E-state index < -0.39 is 0 Å². The molecule has 0 radical (unpaired) electrons. The summed E-state index contributed by atoms with van der Waals surface area (Å²) in [6.45, 7) is 4.18. The monoisotopic (exact) mass is 530 g/mol. The van der Waals surface area contributed by atoms with Crippen LogP contribution in [-0.2, 0) is 9.59 Å². The van der Waals surface area contributed by atoms with E-state index in [1.54, 1.807) is 0 Å². The van der Waals surface area contributed by atoms with Gasteiger partial charge in [0.2, 0.25) is 11.8 Å². The third-order valence-corrected chi connectivity index (χ3v) is 10.6. The second-order valence-corrected chi connectivity index (χ2v) is 13.1. The molecular weight excluding hydrogens is 488 g/mol. The fourth-order valence-electron chi connectivity index (χ4n) is 6.37. The van der Waals surface area contributed by atoms with Crippen LogP contribution in [0.25, 0.3) is 0 Å². The van der Waals surface area contributed by atoms with E-state index in [0.717, 1.165) is 72.8 Å². The molecule has 0 aromatic heterocycles. The number of nitrogens with one attached hydrogen (secondary N) is 3. The Labute approximate surface area is 225 Å². The van der Waals surface area contributed by atoms with Crippen LogP contribution < -0.4 is 16.0 Å². The highest BCUT2D eigenvalue weighted by Gasteiger charge is 2.40. The average molecular weight is 531 g/mol. The van der Waals surface area contributed by atoms with Crippen molar-refractivity contribution in [1.82, 2.24) is 16.0 Å². The topological polar surface area (TPSA) is 94.0 Å². The lowest BCUT2D eigenvalue weighted by atomic mass is 9.77. The molecule has 4 atom stereocenters. The van der Waals surface area contributed by atoms with E-state index in [2.05, 4.69) is 28.9 Å². The number of allylic oxidation sites excluding steroid dienone is 2. The molecule has 2 heterocycles. The largest absolute Gasteiger partial charge is 0.353 e. The van der Waals surface area contributed by atoms with Gasteiger partial charge in [0.05, 0.1) is 22.4 Å². The van der Waals surface area contributed by atoms with Gasteiger partial charge >= 0.3 is 0 Å². The van der Waals surface area contributed by atoms with Gasteiger partial charge in [0.15, 0.2) is 0 Å². The predicted molar refractivity (Wildman–Crippen MR) is 149 cm³/mol. The van der Waals surface area contributed by atoms with Crippen LogP contribution in [0.2, 0.25) is 0 Å². The number of carbonyl (C=O) groups excluding carboxylic acids is 2. The highest BCUT2D eigenvalue weighted by Crippen LogP contribution is 2.43. The van der Waals surface area contributed by atoms with Gasteiger partial charge in [-0.15, -0.1) is 0 Å². The van der Waals surface area contributed by atoms with E-state index >= 15 is 0 Å². The first kappa shape index (κ1) is 27.4. The standard InChI is InChI=1S/C28H42N4O2S2/c1-3-19-8-7-11-22(14-19)31-24(33)17-36-28-23(15-29)26(20-12-13-35-16-20)25(18(2)30-28)27(34)32-21-9-5-4-6-10-21/h19-22,26,30H,3-14,16-17H2,1-2H3,(H,31,33)(H,32,34). The van der Waals surface area contributed by atoms with Crippen molar-refractivity contribution in [2.45, 2.75) is 96.6 Å². The number of amides is 2. The Kier molecular flexibility index (Phi) is 10.1. The Morgan fingerprint density at radius 2 is 1.86 bits per heavy atom. The zero-order valence-electron chi connectivity index (χ0n) is 21.9. The maximum Gasteiger partial charge on any atom is 0.249 e. The van der Waals surface area contributed by atoms with E-state index in [9.17, 15) is 14.9 Å². The van der Waals surface area contributed by atoms with Crippen molar-refractivity contribution < 1.29 is 9.59 Å². The molecule has 0 bridgehead atoms. The minimum Gasteiger partial charge on any atom is -0.353 e. The maximum atomic E-state index is 13.5. The second-order valence-electron chi connectivity index (χ2n) is 10.9. The van der Waals surface area contributed by atoms with Crippen LogP contribution in [-0.4, -0.2) is 41.2 Å². The molecule has 3 N–H and O–H groups in total. The molecular formula is C28H42N4O2S2. The van der Waals surface area contributed by atoms with Gasteiger partial charge in [-0.3, -0.25) is 9.59 Å². The lowest BCUT2D eigenvalue weighted by Crippen LogP contribution is -2.43. The van der Waals surface area contributed by atoms with E-state index in [1.807, 2.05) is 18.7 Å². The van der Waals surface area contributed by atoms with Crippen molar-refractivity contribution in [3.05, 3.63) is 21.9 Å². The highest BCUT2D eigenvalue weighted by molar-refractivity contribution is 8.03. The van der Waals surface area contributed by atoms with Gasteiger partial charge in [0, 0.05) is 29.3 Å². The van der Waals surface area contributed by atoms with Crippen LogP contribution >= 0.6 is 23.5 Å². The van der Waals surface area contributed by atoms with Crippen molar-refractivity contribution in [3.63, 3.8) is 0 Å². The molecule has 0 spiro atoms. The number of carbonyl (C=O) groups is 2. The Morgan fingerprint density at radius 1 is 1.08 bits per heavy atom. The number of dihydropyridines is 1. The highest BCUT2D eigenvalue weighted by atomic mass is 32.2. The molecule has 3 fully saturated rings. The van der Waals surface area contributed by atoms with Gasteiger partial charge in [-0.1, -0.05) is 57.2 Å². The number of hydrogen-bond donors (Lipinski definition) is 3. The number of nitriles is 1. The van der Waals surface area contributed by atoms with Gasteiger partial charge in [-0.05, 0) is 62.4 Å². The molecule has 4 rings (SSSR count). The second kappa shape index (κ2) is 13.3. The molecule has 36 heavy (non-hydrogen) atoms. The number of hydrogen-bond acceptors (Lipinski definition) is 6. The minimum absolute atomic E-state index is 0.0221. The normalized spacial score (nSPS) is 29.5. The first-order valence-electron chi connectivity index (χ1n) is 13.9. The summed E-state index contributed by atoms with van der Waals surface area (Å²) < 4.78 is 0. The van der Waals surface area contributed by atoms with Crippen molar-refractivity contribution in [3.8, 4) is 6.07 Å². The van der Waals surface area contributed by atoms with Crippen molar-refractivity contribution in [2.24, 2.45) is 17.8 Å². The molecule has 0 aromatic carbocycles. The SMILES string of the molecule is CCC1CCCC(NC(=O)CSC2=C(C#N)C(C3CCSC3)C(C(=O)NC3CCCCC3)=C(C)N2)C1. The summed E-state index contributed by atoms with van der Waals surface area (Å²) in [4.78, 5) is 26.3. The van der Waals surface area contributed by atoms with Crippen molar-refractivity contribution in [1.29, 1.82) is 5.26 Å². The lowest BCUT2D eigenvalue weighted by Gasteiger charge is -2.34. The average Bonchev–Trinajstić information content (AvgIpc) is 3.42. The maximum absolute atomic E-state index is 13.5. The van der Waals surface area contributed by atoms with Gasteiger partial charge in [0.1, 0.15) is 0 Å². The molecule has 198 valence electrons. The smallest absolute Gasteiger partial charge is 0.249 e. The van der Waals surface area contributed by atoms with Crippen molar-refractivity contribution in [2.75, 3.05) is 17.3 Å². The van der Waals surface area contributed by atoms with Crippen LogP contribution in [0.3, 0.4) is 0 Å². The summed E-state index contributed by atoms with van der Waals surface area (Å²) in [7, 11) is 0. The molecule has 2 saturated carbocycles.